The second kappa shape index (κ2) is 16.1. The molecule has 0 fully saturated rings. The van der Waals surface area contributed by atoms with E-state index >= 15 is 0 Å². The Morgan fingerprint density at radius 2 is 1.33 bits per heavy atom. The van der Waals surface area contributed by atoms with E-state index in [-0.39, 0.29) is 68.9 Å². The molecule has 0 aromatic carbocycles. The molecule has 0 radical (unpaired) electrons. The Bertz CT molecular complexity index is 55.0. The molecule has 50 valence electrons. The van der Waals surface area contributed by atoms with E-state index in [1.54, 1.807) is 0 Å². The van der Waals surface area contributed by atoms with Gasteiger partial charge in [-0.3, -0.25) is 0 Å². The number of hydrogen-bond donors (Lipinski definition) is 2. The summed E-state index contributed by atoms with van der Waals surface area (Å²) in [6.45, 7) is 1.19. The fourth-order valence-corrected chi connectivity index (χ4v) is 0. The first-order valence-corrected chi connectivity index (χ1v) is 1.86. The molecular weight excluding hydrogens is 247 g/mol. The van der Waals surface area contributed by atoms with Gasteiger partial charge >= 0.3 is 68.9 Å². The summed E-state index contributed by atoms with van der Waals surface area (Å²) in [5, 5.41) is 14.8. The molecule has 0 bridgehead atoms. The quantitative estimate of drug-likeness (QED) is 0.362. The van der Waals surface area contributed by atoms with Crippen LogP contribution in [-0.4, -0.2) is 18.2 Å². The summed E-state index contributed by atoms with van der Waals surface area (Å²) in [6, 6.07) is 0. The van der Waals surface area contributed by atoms with E-state index in [0.29, 0.717) is 13.1 Å². The molecule has 0 saturated carbocycles. The van der Waals surface area contributed by atoms with Gasteiger partial charge < -0.3 is 26.8 Å². The van der Waals surface area contributed by atoms with Crippen molar-refractivity contribution in [2.45, 2.75) is 0 Å². The van der Waals surface area contributed by atoms with Crippen molar-refractivity contribution in [1.82, 2.24) is 0 Å². The van der Waals surface area contributed by atoms with Gasteiger partial charge in [0.2, 0.25) is 0 Å². The molecule has 0 saturated heterocycles. The molecule has 0 aromatic heterocycles. The maximum atomic E-state index is 8.25. The van der Waals surface area contributed by atoms with Crippen molar-refractivity contribution >= 4 is 0 Å². The summed E-state index contributed by atoms with van der Waals surface area (Å²) in [5.41, 5.74) is 9.81. The molecule has 0 spiro atoms. The third-order valence-electron chi connectivity index (χ3n) is 0.167. The van der Waals surface area contributed by atoms with Crippen molar-refractivity contribution in [2.24, 2.45) is 11.5 Å². The summed E-state index contributed by atoms with van der Waals surface area (Å²) in [5.74, 6) is 0. The predicted molar refractivity (Wildman–Crippen MR) is 28.5 cm³/mol. The van der Waals surface area contributed by atoms with Crippen LogP contribution in [0.5, 0.6) is 0 Å². The third kappa shape index (κ3) is 100. The van der Waals surface area contributed by atoms with Crippen molar-refractivity contribution in [1.29, 1.82) is 0 Å². The first-order chi connectivity index (χ1) is 3.65. The fourth-order valence-electron chi connectivity index (χ4n) is 0. The smallest absolute Gasteiger partial charge is 0.356 e. The van der Waals surface area contributed by atoms with E-state index in [1.165, 1.54) is 0 Å². The Balaban J connectivity index is -0.0000000720. The Kier molecular flexibility index (Phi) is 29.7. The normalized spacial score (nSPS) is 6.00. The number of hydrogen-bond acceptors (Lipinski definition) is 5. The summed E-state index contributed by atoms with van der Waals surface area (Å²) >= 11 is 0. The molecule has 6 nitrogen and oxygen atoms in total. The molecule has 7 heteroatoms. The monoisotopic (exact) mass is 255 g/mol. The van der Waals surface area contributed by atoms with Gasteiger partial charge in [-0.2, -0.15) is 0 Å². The zero-order chi connectivity index (χ0) is 6.99. The van der Waals surface area contributed by atoms with Crippen molar-refractivity contribution < 1.29 is 74.0 Å². The standard InChI is InChI=1S/C2H8N2.Cs.NO3/c3-1-2-4;;2-1(3)4/h1-4H2;;/q;+1;-1. The van der Waals surface area contributed by atoms with Crippen LogP contribution in [-0.2, 0) is 0 Å². The van der Waals surface area contributed by atoms with Gasteiger partial charge in [-0.1, -0.05) is 0 Å². The average Bonchev–Trinajstić information content (AvgIpc) is 1.65. The van der Waals surface area contributed by atoms with Crippen LogP contribution in [0.15, 0.2) is 0 Å². The maximum Gasteiger partial charge on any atom is 1.00 e. The molecule has 0 amide bonds. The van der Waals surface area contributed by atoms with Crippen LogP contribution in [0.4, 0.5) is 0 Å². The number of nitrogens with zero attached hydrogens (tertiary/aromatic N) is 1. The number of rotatable bonds is 1. The Morgan fingerprint density at radius 3 is 1.33 bits per heavy atom. The second-order valence-electron chi connectivity index (χ2n) is 0.801. The molecule has 0 unspecified atom stereocenters. The maximum absolute atomic E-state index is 8.25. The predicted octanol–water partition coefficient (Wildman–Crippen LogP) is -4.33. The Hall–Kier alpha value is 1.17. The van der Waals surface area contributed by atoms with E-state index in [2.05, 4.69) is 0 Å². The van der Waals surface area contributed by atoms with Gasteiger partial charge in [0.15, 0.2) is 0 Å². The van der Waals surface area contributed by atoms with E-state index in [0.717, 1.165) is 0 Å². The van der Waals surface area contributed by atoms with Gasteiger partial charge in [-0.15, -0.1) is 0 Å². The van der Waals surface area contributed by atoms with Crippen molar-refractivity contribution in [2.75, 3.05) is 13.1 Å². The SMILES string of the molecule is NCCN.O=[N+]([O-])[O-].[Cs+]. The van der Waals surface area contributed by atoms with Crippen LogP contribution in [0.3, 0.4) is 0 Å². The minimum absolute atomic E-state index is 0. The summed E-state index contributed by atoms with van der Waals surface area (Å²) in [4.78, 5) is 8.25. The summed E-state index contributed by atoms with van der Waals surface area (Å²) in [7, 11) is 0. The van der Waals surface area contributed by atoms with E-state index in [9.17, 15) is 0 Å². The van der Waals surface area contributed by atoms with Crippen molar-refractivity contribution in [3.63, 3.8) is 0 Å². The van der Waals surface area contributed by atoms with E-state index in [1.807, 2.05) is 0 Å². The summed E-state index contributed by atoms with van der Waals surface area (Å²) in [6.07, 6.45) is 0. The molecule has 0 aromatic rings. The summed E-state index contributed by atoms with van der Waals surface area (Å²) < 4.78 is 0. The third-order valence-corrected chi connectivity index (χ3v) is 0.167. The van der Waals surface area contributed by atoms with Crippen LogP contribution >= 0.6 is 0 Å². The molecule has 0 rings (SSSR count). The van der Waals surface area contributed by atoms with Crippen LogP contribution in [0.25, 0.3) is 0 Å². The molecule has 9 heavy (non-hydrogen) atoms. The first kappa shape index (κ1) is 16.6. The molecule has 0 atom stereocenters. The van der Waals surface area contributed by atoms with Crippen molar-refractivity contribution in [3.05, 3.63) is 15.3 Å². The van der Waals surface area contributed by atoms with Gasteiger partial charge in [0.25, 0.3) is 0 Å². The molecule has 0 aliphatic rings. The first-order valence-electron chi connectivity index (χ1n) is 1.86. The zero-order valence-electron chi connectivity index (χ0n) is 5.24. The van der Waals surface area contributed by atoms with Crippen molar-refractivity contribution in [3.8, 4) is 0 Å². The van der Waals surface area contributed by atoms with E-state index < -0.39 is 5.09 Å². The molecular formula is C2H8CsN3O3. The van der Waals surface area contributed by atoms with Gasteiger partial charge in [0.1, 0.15) is 0 Å². The minimum atomic E-state index is -1.75. The zero-order valence-corrected chi connectivity index (χ0v) is 11.5. The van der Waals surface area contributed by atoms with Crippen LogP contribution in [0, 0.1) is 15.3 Å². The molecule has 0 aliphatic heterocycles. The minimum Gasteiger partial charge on any atom is -0.356 e. The topological polar surface area (TPSA) is 118 Å². The van der Waals surface area contributed by atoms with Crippen LogP contribution < -0.4 is 80.4 Å². The van der Waals surface area contributed by atoms with Crippen LogP contribution in [0.1, 0.15) is 0 Å². The van der Waals surface area contributed by atoms with Gasteiger partial charge in [0.05, 0.1) is 5.09 Å². The van der Waals surface area contributed by atoms with Gasteiger partial charge in [-0.05, 0) is 0 Å². The Morgan fingerprint density at radius 1 is 1.22 bits per heavy atom. The Labute approximate surface area is 111 Å². The second-order valence-corrected chi connectivity index (χ2v) is 0.801. The van der Waals surface area contributed by atoms with E-state index in [4.69, 9.17) is 26.8 Å². The van der Waals surface area contributed by atoms with Gasteiger partial charge in [0, 0.05) is 13.1 Å². The molecule has 4 N–H and O–H groups in total. The largest absolute Gasteiger partial charge is 1.00 e. The average molecular weight is 255 g/mol. The number of nitrogens with two attached hydrogens (primary N) is 2. The molecule has 0 heterocycles. The molecule has 0 aliphatic carbocycles. The van der Waals surface area contributed by atoms with Gasteiger partial charge in [-0.25, -0.2) is 0 Å². The van der Waals surface area contributed by atoms with Crippen LogP contribution in [0.2, 0.25) is 0 Å². The fraction of sp³-hybridized carbons (Fsp3) is 1.00.